The van der Waals surface area contributed by atoms with Crippen LogP contribution in [0.5, 0.6) is 0 Å². The van der Waals surface area contributed by atoms with E-state index in [2.05, 4.69) is 15.3 Å². The van der Waals surface area contributed by atoms with Gasteiger partial charge in [-0.1, -0.05) is 12.8 Å². The number of amides is 1. The lowest BCUT2D eigenvalue weighted by Gasteiger charge is -2.40. The first kappa shape index (κ1) is 25.7. The number of nitrogens with one attached hydrogen (secondary N) is 1. The molecule has 3 aliphatic rings. The molecule has 2 heterocycles. The van der Waals surface area contributed by atoms with Crippen LogP contribution in [0.25, 0.3) is 0 Å². The lowest BCUT2D eigenvalue weighted by molar-refractivity contribution is -0.192. The standard InChI is InChI=1S/C20H28N4O3.C2HF3O2/c25-18(24-12-9-20(19(26)27)8-2-1-3-16(20)24)14-4-6-15(7-5-14)23-17-13-21-10-11-22-17;3-2(4,5)1(6)7/h10-11,13-16H,1-9,12H2,(H,22,23)(H,26,27);(H,6,7)/t14?,15?,16-,20+;/m0./s1. The minimum atomic E-state index is -5.08. The van der Waals surface area contributed by atoms with E-state index in [1.807, 2.05) is 4.90 Å². The molecule has 1 amide bonds. The highest BCUT2D eigenvalue weighted by Crippen LogP contribution is 2.48. The molecule has 3 N–H and O–H groups in total. The average molecular weight is 486 g/mol. The van der Waals surface area contributed by atoms with Crippen molar-refractivity contribution in [1.82, 2.24) is 14.9 Å². The topological polar surface area (TPSA) is 133 Å². The van der Waals surface area contributed by atoms with Gasteiger partial charge >= 0.3 is 18.1 Å². The summed E-state index contributed by atoms with van der Waals surface area (Å²) in [6.07, 6.45) is 7.65. The molecule has 34 heavy (non-hydrogen) atoms. The molecule has 1 aliphatic heterocycles. The Bertz CT molecular complexity index is 877. The van der Waals surface area contributed by atoms with Gasteiger partial charge in [-0.25, -0.2) is 9.78 Å². The summed E-state index contributed by atoms with van der Waals surface area (Å²) in [4.78, 5) is 44.3. The predicted molar refractivity (Wildman–Crippen MR) is 114 cm³/mol. The van der Waals surface area contributed by atoms with Crippen LogP contribution in [0.4, 0.5) is 19.0 Å². The van der Waals surface area contributed by atoms with E-state index in [9.17, 15) is 27.9 Å². The fourth-order valence-corrected chi connectivity index (χ4v) is 5.36. The Morgan fingerprint density at radius 2 is 1.71 bits per heavy atom. The molecular weight excluding hydrogens is 457 g/mol. The van der Waals surface area contributed by atoms with E-state index < -0.39 is 23.5 Å². The third kappa shape index (κ3) is 5.76. The Morgan fingerprint density at radius 3 is 2.26 bits per heavy atom. The number of rotatable bonds is 4. The fraction of sp³-hybridized carbons (Fsp3) is 0.682. The first-order chi connectivity index (χ1) is 16.0. The van der Waals surface area contributed by atoms with E-state index >= 15 is 0 Å². The van der Waals surface area contributed by atoms with Crippen LogP contribution in [0.1, 0.15) is 57.8 Å². The number of carboxylic acid groups (broad SMARTS) is 2. The summed E-state index contributed by atoms with van der Waals surface area (Å²) in [6, 6.07) is 0.212. The van der Waals surface area contributed by atoms with Gasteiger partial charge in [0.2, 0.25) is 5.91 Å². The van der Waals surface area contributed by atoms with E-state index in [1.54, 1.807) is 18.6 Å². The molecule has 0 aromatic carbocycles. The van der Waals surface area contributed by atoms with Crippen LogP contribution in [0.3, 0.4) is 0 Å². The van der Waals surface area contributed by atoms with Gasteiger partial charge in [-0.3, -0.25) is 14.6 Å². The second-order valence-corrected chi connectivity index (χ2v) is 9.09. The molecule has 0 radical (unpaired) electrons. The van der Waals surface area contributed by atoms with Crippen molar-refractivity contribution in [2.45, 2.75) is 76.0 Å². The number of hydrogen-bond donors (Lipinski definition) is 3. The predicted octanol–water partition coefficient (Wildman–Crippen LogP) is 3.33. The molecule has 1 aromatic rings. The van der Waals surface area contributed by atoms with Crippen molar-refractivity contribution >= 4 is 23.7 Å². The second kappa shape index (κ2) is 10.6. The largest absolute Gasteiger partial charge is 0.490 e. The zero-order chi connectivity index (χ0) is 24.9. The number of nitrogens with zero attached hydrogens (tertiary/aromatic N) is 3. The van der Waals surface area contributed by atoms with Gasteiger partial charge in [0, 0.05) is 36.9 Å². The van der Waals surface area contributed by atoms with Crippen molar-refractivity contribution in [3.05, 3.63) is 18.6 Å². The smallest absolute Gasteiger partial charge is 0.481 e. The van der Waals surface area contributed by atoms with Gasteiger partial charge in [-0.05, 0) is 44.9 Å². The van der Waals surface area contributed by atoms with E-state index in [0.717, 1.165) is 50.8 Å². The molecule has 4 rings (SSSR count). The van der Waals surface area contributed by atoms with Gasteiger partial charge in [0.25, 0.3) is 0 Å². The maximum atomic E-state index is 13.2. The summed E-state index contributed by atoms with van der Waals surface area (Å²) in [7, 11) is 0. The monoisotopic (exact) mass is 486 g/mol. The lowest BCUT2D eigenvalue weighted by atomic mass is 9.70. The molecule has 0 unspecified atom stereocenters. The SMILES string of the molecule is O=C(C1CCC(Nc2cnccn2)CC1)N1CC[C@]2(C(=O)O)CCCC[C@H]12.O=C(O)C(F)(F)F. The maximum Gasteiger partial charge on any atom is 0.490 e. The Morgan fingerprint density at radius 1 is 1.03 bits per heavy atom. The van der Waals surface area contributed by atoms with Crippen molar-refractivity contribution in [2.75, 3.05) is 11.9 Å². The molecule has 188 valence electrons. The summed E-state index contributed by atoms with van der Waals surface area (Å²) >= 11 is 0. The van der Waals surface area contributed by atoms with Crippen LogP contribution >= 0.6 is 0 Å². The number of hydrogen-bond acceptors (Lipinski definition) is 6. The third-order valence-corrected chi connectivity index (χ3v) is 7.11. The summed E-state index contributed by atoms with van der Waals surface area (Å²) in [6.45, 7) is 0.605. The van der Waals surface area contributed by atoms with Crippen LogP contribution in [0.15, 0.2) is 18.6 Å². The Hall–Kier alpha value is -2.92. The maximum absolute atomic E-state index is 13.2. The normalized spacial score (nSPS) is 28.8. The minimum absolute atomic E-state index is 0.0245. The zero-order valence-corrected chi connectivity index (χ0v) is 18.6. The molecular formula is C22H29F3N4O5. The summed E-state index contributed by atoms with van der Waals surface area (Å²) in [5.74, 6) is -2.48. The molecule has 12 heteroatoms. The van der Waals surface area contributed by atoms with Crippen LogP contribution in [-0.4, -0.2) is 67.7 Å². The molecule has 2 atom stereocenters. The summed E-state index contributed by atoms with van der Waals surface area (Å²) in [5, 5.41) is 20.4. The second-order valence-electron chi connectivity index (χ2n) is 9.09. The minimum Gasteiger partial charge on any atom is -0.481 e. The molecule has 2 saturated carbocycles. The number of aliphatic carboxylic acids is 2. The number of aromatic nitrogens is 2. The van der Waals surface area contributed by atoms with Crippen molar-refractivity contribution in [1.29, 1.82) is 0 Å². The van der Waals surface area contributed by atoms with Gasteiger partial charge in [0.05, 0.1) is 11.6 Å². The van der Waals surface area contributed by atoms with Gasteiger partial charge in [0.1, 0.15) is 5.82 Å². The van der Waals surface area contributed by atoms with E-state index in [4.69, 9.17) is 9.90 Å². The van der Waals surface area contributed by atoms with Crippen molar-refractivity contribution in [3.63, 3.8) is 0 Å². The lowest BCUT2D eigenvalue weighted by Crippen LogP contribution is -2.50. The molecule has 1 aromatic heterocycles. The van der Waals surface area contributed by atoms with E-state index in [-0.39, 0.29) is 17.9 Å². The van der Waals surface area contributed by atoms with Gasteiger partial charge in [-0.15, -0.1) is 0 Å². The third-order valence-electron chi connectivity index (χ3n) is 7.11. The summed E-state index contributed by atoms with van der Waals surface area (Å²) in [5.41, 5.74) is -0.696. The highest BCUT2D eigenvalue weighted by molar-refractivity contribution is 5.83. The highest BCUT2D eigenvalue weighted by Gasteiger charge is 2.55. The van der Waals surface area contributed by atoms with Crippen LogP contribution < -0.4 is 5.32 Å². The Kier molecular flexibility index (Phi) is 7.98. The molecule has 2 aliphatic carbocycles. The van der Waals surface area contributed by atoms with Crippen molar-refractivity contribution in [2.24, 2.45) is 11.3 Å². The number of alkyl halides is 3. The molecule has 0 spiro atoms. The fourth-order valence-electron chi connectivity index (χ4n) is 5.36. The van der Waals surface area contributed by atoms with Crippen LogP contribution in [0, 0.1) is 11.3 Å². The quantitative estimate of drug-likeness (QED) is 0.590. The number of anilines is 1. The molecule has 3 fully saturated rings. The van der Waals surface area contributed by atoms with Gasteiger partial charge in [0.15, 0.2) is 0 Å². The van der Waals surface area contributed by atoms with E-state index in [0.29, 0.717) is 25.4 Å². The number of halogens is 3. The molecule has 0 bridgehead atoms. The van der Waals surface area contributed by atoms with Gasteiger partial charge in [-0.2, -0.15) is 13.2 Å². The Labute approximate surface area is 194 Å². The number of carboxylic acids is 2. The number of likely N-dealkylation sites (tertiary alicyclic amines) is 1. The van der Waals surface area contributed by atoms with E-state index in [1.165, 1.54) is 0 Å². The van der Waals surface area contributed by atoms with Crippen LogP contribution in [-0.2, 0) is 14.4 Å². The summed E-state index contributed by atoms with van der Waals surface area (Å²) < 4.78 is 31.7. The zero-order valence-electron chi connectivity index (χ0n) is 18.6. The first-order valence-corrected chi connectivity index (χ1v) is 11.4. The highest BCUT2D eigenvalue weighted by atomic mass is 19.4. The van der Waals surface area contributed by atoms with Gasteiger partial charge < -0.3 is 20.4 Å². The molecule has 1 saturated heterocycles. The Balaban J connectivity index is 0.000000406. The number of fused-ring (bicyclic) bond motifs is 1. The number of carbonyl (C=O) groups excluding carboxylic acids is 1. The number of carbonyl (C=O) groups is 3. The average Bonchev–Trinajstić information content (AvgIpc) is 3.21. The van der Waals surface area contributed by atoms with Crippen molar-refractivity contribution in [3.8, 4) is 0 Å². The van der Waals surface area contributed by atoms with Crippen molar-refractivity contribution < 1.29 is 37.8 Å². The van der Waals surface area contributed by atoms with Crippen LogP contribution in [0.2, 0.25) is 0 Å². The first-order valence-electron chi connectivity index (χ1n) is 11.4. The molecule has 9 nitrogen and oxygen atoms in total.